The standard InChI is InChI=1S/C27H30ClF2N3O3S/c1-17(18-6-10-24(23(30)14-18)32-12-5-13-37(32,35)36)25(34)11-8-20-16-26(27(2,3)4)31-33(20)19-7-9-22(29)21(28)15-19/h6-7,9-10,14-17H,5,8,11-13H2,1-4H3. The fourth-order valence-corrected chi connectivity index (χ4v) is 6.11. The van der Waals surface area contributed by atoms with Crippen LogP contribution in [0.1, 0.15) is 63.4 Å². The molecule has 198 valence electrons. The van der Waals surface area contributed by atoms with E-state index in [-0.39, 0.29) is 40.6 Å². The molecule has 10 heteroatoms. The summed E-state index contributed by atoms with van der Waals surface area (Å²) in [5.74, 6) is -1.87. The first-order valence-electron chi connectivity index (χ1n) is 12.2. The average molecular weight is 550 g/mol. The third kappa shape index (κ3) is 5.72. The summed E-state index contributed by atoms with van der Waals surface area (Å²) in [5.41, 5.74) is 2.43. The van der Waals surface area contributed by atoms with Gasteiger partial charge in [0.1, 0.15) is 17.4 Å². The fourth-order valence-electron chi connectivity index (χ4n) is 4.36. The summed E-state index contributed by atoms with van der Waals surface area (Å²) < 4.78 is 55.7. The Labute approximate surface area is 221 Å². The van der Waals surface area contributed by atoms with Crippen LogP contribution in [0, 0.1) is 11.6 Å². The predicted octanol–water partition coefficient (Wildman–Crippen LogP) is 5.95. The van der Waals surface area contributed by atoms with Gasteiger partial charge in [-0.2, -0.15) is 5.10 Å². The van der Waals surface area contributed by atoms with E-state index in [2.05, 4.69) is 0 Å². The van der Waals surface area contributed by atoms with E-state index in [1.165, 1.54) is 24.3 Å². The fraction of sp³-hybridized carbons (Fsp3) is 0.407. The molecule has 1 aliphatic rings. The number of carbonyl (C=O) groups is 1. The van der Waals surface area contributed by atoms with Gasteiger partial charge in [-0.3, -0.25) is 9.10 Å². The zero-order valence-corrected chi connectivity index (χ0v) is 22.8. The van der Waals surface area contributed by atoms with Crippen molar-refractivity contribution in [2.24, 2.45) is 0 Å². The van der Waals surface area contributed by atoms with Crippen molar-refractivity contribution in [2.45, 2.75) is 58.3 Å². The Morgan fingerprint density at radius 1 is 1.11 bits per heavy atom. The number of nitrogens with zero attached hydrogens (tertiary/aromatic N) is 3. The largest absolute Gasteiger partial charge is 0.299 e. The van der Waals surface area contributed by atoms with Crippen LogP contribution >= 0.6 is 11.6 Å². The molecule has 2 aromatic carbocycles. The molecule has 1 aromatic heterocycles. The number of hydrogen-bond acceptors (Lipinski definition) is 4. The minimum atomic E-state index is -3.50. The predicted molar refractivity (Wildman–Crippen MR) is 141 cm³/mol. The summed E-state index contributed by atoms with van der Waals surface area (Å²) >= 11 is 5.99. The average Bonchev–Trinajstić information content (AvgIpc) is 3.41. The van der Waals surface area contributed by atoms with Crippen LogP contribution in [0.4, 0.5) is 14.5 Å². The van der Waals surface area contributed by atoms with E-state index in [4.69, 9.17) is 16.7 Å². The first-order chi connectivity index (χ1) is 17.3. The van der Waals surface area contributed by atoms with Gasteiger partial charge in [0, 0.05) is 30.0 Å². The molecule has 0 aliphatic carbocycles. The Morgan fingerprint density at radius 3 is 2.43 bits per heavy atom. The molecule has 1 aliphatic heterocycles. The topological polar surface area (TPSA) is 72.3 Å². The Morgan fingerprint density at radius 2 is 1.84 bits per heavy atom. The number of aryl methyl sites for hydroxylation is 1. The first kappa shape index (κ1) is 27.3. The highest BCUT2D eigenvalue weighted by molar-refractivity contribution is 7.93. The lowest BCUT2D eigenvalue weighted by molar-refractivity contribution is -0.120. The van der Waals surface area contributed by atoms with Crippen LogP contribution in [-0.4, -0.2) is 36.3 Å². The van der Waals surface area contributed by atoms with Crippen LogP contribution in [0.15, 0.2) is 42.5 Å². The third-order valence-corrected chi connectivity index (χ3v) is 8.79. The lowest BCUT2D eigenvalue weighted by atomic mass is 9.91. The molecule has 1 saturated heterocycles. The maximum Gasteiger partial charge on any atom is 0.235 e. The normalized spacial score (nSPS) is 16.2. The Kier molecular flexibility index (Phi) is 7.50. The number of ketones is 1. The molecular weight excluding hydrogens is 520 g/mol. The highest BCUT2D eigenvalue weighted by Gasteiger charge is 2.31. The number of halogens is 3. The summed E-state index contributed by atoms with van der Waals surface area (Å²) in [7, 11) is -3.50. The molecule has 0 radical (unpaired) electrons. The lowest BCUT2D eigenvalue weighted by Gasteiger charge is -2.19. The van der Waals surface area contributed by atoms with Gasteiger partial charge in [-0.05, 0) is 54.8 Å². The van der Waals surface area contributed by atoms with Crippen molar-refractivity contribution in [2.75, 3.05) is 16.6 Å². The van der Waals surface area contributed by atoms with Crippen molar-refractivity contribution >= 4 is 33.1 Å². The quantitative estimate of drug-likeness (QED) is 0.365. The number of carbonyl (C=O) groups excluding carboxylic acids is 1. The van der Waals surface area contributed by atoms with Gasteiger partial charge in [-0.1, -0.05) is 45.4 Å². The number of hydrogen-bond donors (Lipinski definition) is 0. The van der Waals surface area contributed by atoms with Crippen molar-refractivity contribution < 1.29 is 22.0 Å². The summed E-state index contributed by atoms with van der Waals surface area (Å²) in [6, 6.07) is 10.6. The van der Waals surface area contributed by atoms with Gasteiger partial charge in [0.05, 0.1) is 27.8 Å². The number of sulfonamides is 1. The molecule has 4 rings (SSSR count). The summed E-state index contributed by atoms with van der Waals surface area (Å²) in [5, 5.41) is 4.67. The van der Waals surface area contributed by atoms with Crippen molar-refractivity contribution in [1.82, 2.24) is 9.78 Å². The van der Waals surface area contributed by atoms with Crippen LogP contribution in [0.5, 0.6) is 0 Å². The molecule has 0 bridgehead atoms. The van der Waals surface area contributed by atoms with Gasteiger partial charge in [0.25, 0.3) is 0 Å². The summed E-state index contributed by atoms with van der Waals surface area (Å²) in [6.45, 7) is 8.04. The van der Waals surface area contributed by atoms with Crippen LogP contribution in [0.2, 0.25) is 5.02 Å². The molecule has 0 amide bonds. The number of Topliss-reactive ketones (excluding diaryl/α,β-unsaturated/α-hetero) is 1. The Hall–Kier alpha value is -2.78. The van der Waals surface area contributed by atoms with Crippen LogP contribution in [0.25, 0.3) is 5.69 Å². The van der Waals surface area contributed by atoms with E-state index in [0.717, 1.165) is 15.7 Å². The van der Waals surface area contributed by atoms with E-state index >= 15 is 0 Å². The van der Waals surface area contributed by atoms with Gasteiger partial charge in [-0.25, -0.2) is 21.9 Å². The molecule has 1 fully saturated rings. The van der Waals surface area contributed by atoms with Gasteiger partial charge < -0.3 is 0 Å². The summed E-state index contributed by atoms with van der Waals surface area (Å²) in [6.07, 6.45) is 0.999. The minimum Gasteiger partial charge on any atom is -0.299 e. The maximum atomic E-state index is 14.9. The Bertz CT molecular complexity index is 1450. The molecule has 0 saturated carbocycles. The molecule has 2 heterocycles. The van der Waals surface area contributed by atoms with E-state index < -0.39 is 27.6 Å². The van der Waals surface area contributed by atoms with Crippen LogP contribution in [-0.2, 0) is 26.7 Å². The number of benzene rings is 2. The van der Waals surface area contributed by atoms with Gasteiger partial charge in [0.2, 0.25) is 10.0 Å². The number of anilines is 1. The molecular formula is C27H30ClF2N3O3S. The second kappa shape index (κ2) is 10.2. The van der Waals surface area contributed by atoms with Crippen molar-refractivity contribution in [3.63, 3.8) is 0 Å². The maximum absolute atomic E-state index is 14.9. The molecule has 3 aromatic rings. The Balaban J connectivity index is 1.53. The van der Waals surface area contributed by atoms with Crippen molar-refractivity contribution in [3.8, 4) is 5.69 Å². The summed E-state index contributed by atoms with van der Waals surface area (Å²) in [4.78, 5) is 13.1. The van der Waals surface area contributed by atoms with E-state index in [9.17, 15) is 22.0 Å². The molecule has 0 spiro atoms. The molecule has 1 atom stereocenters. The molecule has 37 heavy (non-hydrogen) atoms. The number of aromatic nitrogens is 2. The first-order valence-corrected chi connectivity index (χ1v) is 14.1. The van der Waals surface area contributed by atoms with Crippen molar-refractivity contribution in [3.05, 3.63) is 76.1 Å². The second-order valence-corrected chi connectivity index (χ2v) is 12.8. The van der Waals surface area contributed by atoms with Gasteiger partial charge >= 0.3 is 0 Å². The van der Waals surface area contributed by atoms with Gasteiger partial charge in [0.15, 0.2) is 0 Å². The molecule has 6 nitrogen and oxygen atoms in total. The van der Waals surface area contributed by atoms with Crippen LogP contribution in [0.3, 0.4) is 0 Å². The van der Waals surface area contributed by atoms with E-state index in [0.29, 0.717) is 24.1 Å². The van der Waals surface area contributed by atoms with Crippen molar-refractivity contribution in [1.29, 1.82) is 0 Å². The lowest BCUT2D eigenvalue weighted by Crippen LogP contribution is -2.26. The zero-order chi connectivity index (χ0) is 27.1. The minimum absolute atomic E-state index is 0.000713. The number of rotatable bonds is 7. The van der Waals surface area contributed by atoms with E-state index in [1.54, 1.807) is 23.7 Å². The monoisotopic (exact) mass is 549 g/mol. The zero-order valence-electron chi connectivity index (χ0n) is 21.3. The van der Waals surface area contributed by atoms with Gasteiger partial charge in [-0.15, -0.1) is 0 Å². The molecule has 1 unspecified atom stereocenters. The highest BCUT2D eigenvalue weighted by Crippen LogP contribution is 2.31. The SMILES string of the molecule is CC(C(=O)CCc1cc(C(C)(C)C)nn1-c1ccc(F)c(Cl)c1)c1ccc(N2CCCS2(=O)=O)c(F)c1. The van der Waals surface area contributed by atoms with Crippen LogP contribution < -0.4 is 4.31 Å². The highest BCUT2D eigenvalue weighted by atomic mass is 35.5. The molecule has 0 N–H and O–H groups in total. The smallest absolute Gasteiger partial charge is 0.235 e. The third-order valence-electron chi connectivity index (χ3n) is 6.65. The van der Waals surface area contributed by atoms with E-state index in [1.807, 2.05) is 26.8 Å². The second-order valence-electron chi connectivity index (χ2n) is 10.4.